The van der Waals surface area contributed by atoms with Crippen LogP contribution < -0.4 is 0 Å². The van der Waals surface area contributed by atoms with Crippen LogP contribution in [0.5, 0.6) is 0 Å². The van der Waals surface area contributed by atoms with Gasteiger partial charge in [-0.3, -0.25) is 4.67 Å². The lowest BCUT2D eigenvalue weighted by Gasteiger charge is -2.25. The lowest BCUT2D eigenvalue weighted by molar-refractivity contribution is 0.305. The Morgan fingerprint density at radius 3 is 2.27 bits per heavy atom. The molecule has 0 bridgehead atoms. The summed E-state index contributed by atoms with van der Waals surface area (Å²) in [5.74, 6) is 0. The third-order valence-electron chi connectivity index (χ3n) is 2.39. The van der Waals surface area contributed by atoms with E-state index in [0.29, 0.717) is 0 Å². The normalized spacial score (nSPS) is 13.1. The molecule has 0 aliphatic rings. The Hall–Kier alpha value is -0.430. The van der Waals surface area contributed by atoms with Crippen LogP contribution in [0.1, 0.15) is 19.4 Å². The largest absolute Gasteiger partial charge is 0.339 e. The zero-order chi connectivity index (χ0) is 11.1. The molecule has 84 valence electrons. The molecule has 0 aliphatic carbocycles. The fraction of sp³-hybridized carbons (Fsp3) is 0.500. The summed E-state index contributed by atoms with van der Waals surface area (Å²) in [4.78, 5) is 0. The van der Waals surface area contributed by atoms with E-state index in [1.165, 1.54) is 5.56 Å². The molecule has 0 N–H and O–H groups in total. The summed E-state index contributed by atoms with van der Waals surface area (Å²) in [6, 6.07) is 10.3. The Labute approximate surface area is 94.1 Å². The Morgan fingerprint density at radius 2 is 1.73 bits per heavy atom. The quantitative estimate of drug-likeness (QED) is 0.687. The molecule has 1 atom stereocenters. The first kappa shape index (κ1) is 12.6. The van der Waals surface area contributed by atoms with Crippen molar-refractivity contribution in [2.24, 2.45) is 0 Å². The van der Waals surface area contributed by atoms with E-state index in [1.807, 2.05) is 18.2 Å². The van der Waals surface area contributed by atoms with E-state index in [2.05, 4.69) is 37.3 Å². The molecular formula is C12H20NOP. The maximum absolute atomic E-state index is 5.86. The van der Waals surface area contributed by atoms with E-state index >= 15 is 0 Å². The molecule has 1 aromatic rings. The highest BCUT2D eigenvalue weighted by Gasteiger charge is 2.10. The van der Waals surface area contributed by atoms with Gasteiger partial charge in [0.05, 0.1) is 6.61 Å². The molecule has 1 aromatic carbocycles. The monoisotopic (exact) mass is 225 g/mol. The Bertz CT molecular complexity index is 262. The van der Waals surface area contributed by atoms with Gasteiger partial charge in [-0.15, -0.1) is 0 Å². The summed E-state index contributed by atoms with van der Waals surface area (Å²) in [6.45, 7) is 9.37. The van der Waals surface area contributed by atoms with Gasteiger partial charge >= 0.3 is 0 Å². The SMILES string of the molecule is CCN(CC)P(C)OCc1ccccc1. The van der Waals surface area contributed by atoms with Crippen LogP contribution in [-0.2, 0) is 11.1 Å². The average Bonchev–Trinajstić information content (AvgIpc) is 2.29. The van der Waals surface area contributed by atoms with E-state index < -0.39 is 8.30 Å². The highest BCUT2D eigenvalue weighted by Crippen LogP contribution is 2.37. The van der Waals surface area contributed by atoms with Crippen molar-refractivity contribution >= 4 is 8.30 Å². The van der Waals surface area contributed by atoms with Crippen LogP contribution in [0.3, 0.4) is 0 Å². The standard InChI is InChI=1S/C12H20NOP/c1-4-13(5-2)15(3)14-11-12-9-7-6-8-10-12/h6-10H,4-5,11H2,1-3H3. The van der Waals surface area contributed by atoms with Crippen LogP contribution >= 0.6 is 8.30 Å². The van der Waals surface area contributed by atoms with E-state index in [4.69, 9.17) is 4.52 Å². The number of hydrogen-bond donors (Lipinski definition) is 0. The summed E-state index contributed by atoms with van der Waals surface area (Å²) in [5, 5.41) is 0. The predicted octanol–water partition coefficient (Wildman–Crippen LogP) is 3.49. The molecular weight excluding hydrogens is 205 g/mol. The lowest BCUT2D eigenvalue weighted by atomic mass is 10.2. The van der Waals surface area contributed by atoms with Crippen molar-refractivity contribution in [1.29, 1.82) is 0 Å². The fourth-order valence-corrected chi connectivity index (χ4v) is 2.74. The minimum absolute atomic E-state index is 0.435. The summed E-state index contributed by atoms with van der Waals surface area (Å²) in [6.07, 6.45) is 0. The lowest BCUT2D eigenvalue weighted by Crippen LogP contribution is -2.17. The zero-order valence-electron chi connectivity index (χ0n) is 9.81. The van der Waals surface area contributed by atoms with Crippen LogP contribution in [-0.4, -0.2) is 24.4 Å². The second-order valence-corrected chi connectivity index (χ2v) is 5.11. The fourth-order valence-electron chi connectivity index (χ4n) is 1.45. The van der Waals surface area contributed by atoms with Gasteiger partial charge in [-0.25, -0.2) is 0 Å². The topological polar surface area (TPSA) is 12.5 Å². The van der Waals surface area contributed by atoms with Gasteiger partial charge in [-0.1, -0.05) is 44.2 Å². The Balaban J connectivity index is 2.36. The van der Waals surface area contributed by atoms with Gasteiger partial charge in [0.15, 0.2) is 0 Å². The van der Waals surface area contributed by atoms with E-state index in [1.54, 1.807) is 0 Å². The summed E-state index contributed by atoms with van der Waals surface area (Å²) in [5.41, 5.74) is 1.25. The molecule has 0 amide bonds. The van der Waals surface area contributed by atoms with Gasteiger partial charge in [0, 0.05) is 13.1 Å². The molecule has 0 spiro atoms. The van der Waals surface area contributed by atoms with E-state index in [0.717, 1.165) is 19.7 Å². The van der Waals surface area contributed by atoms with Gasteiger partial charge in [0.1, 0.15) is 8.30 Å². The van der Waals surface area contributed by atoms with Crippen molar-refractivity contribution in [3.63, 3.8) is 0 Å². The van der Waals surface area contributed by atoms with E-state index in [9.17, 15) is 0 Å². The molecule has 0 aromatic heterocycles. The zero-order valence-corrected chi connectivity index (χ0v) is 10.7. The average molecular weight is 225 g/mol. The van der Waals surface area contributed by atoms with Crippen LogP contribution in [0.15, 0.2) is 30.3 Å². The van der Waals surface area contributed by atoms with Gasteiger partial charge in [-0.2, -0.15) is 0 Å². The molecule has 2 nitrogen and oxygen atoms in total. The third-order valence-corrected chi connectivity index (χ3v) is 4.25. The molecule has 0 aliphatic heterocycles. The Kier molecular flexibility index (Phi) is 5.85. The summed E-state index contributed by atoms with van der Waals surface area (Å²) in [7, 11) is -0.435. The second-order valence-electron chi connectivity index (χ2n) is 3.36. The highest BCUT2D eigenvalue weighted by atomic mass is 31.2. The van der Waals surface area contributed by atoms with Crippen LogP contribution in [0.25, 0.3) is 0 Å². The first-order valence-corrected chi connectivity index (χ1v) is 7.09. The number of benzene rings is 1. The van der Waals surface area contributed by atoms with Crippen LogP contribution in [0.4, 0.5) is 0 Å². The van der Waals surface area contributed by atoms with E-state index in [-0.39, 0.29) is 0 Å². The van der Waals surface area contributed by atoms with Crippen molar-refractivity contribution in [2.75, 3.05) is 19.8 Å². The smallest absolute Gasteiger partial charge is 0.101 e. The number of hydrogen-bond acceptors (Lipinski definition) is 2. The summed E-state index contributed by atoms with van der Waals surface area (Å²) >= 11 is 0. The predicted molar refractivity (Wildman–Crippen MR) is 67.0 cm³/mol. The maximum atomic E-state index is 5.86. The van der Waals surface area contributed by atoms with Crippen molar-refractivity contribution in [1.82, 2.24) is 4.67 Å². The number of nitrogens with zero attached hydrogens (tertiary/aromatic N) is 1. The molecule has 0 fully saturated rings. The van der Waals surface area contributed by atoms with Gasteiger partial charge < -0.3 is 4.52 Å². The second kappa shape index (κ2) is 6.95. The molecule has 1 unspecified atom stereocenters. The molecule has 15 heavy (non-hydrogen) atoms. The maximum Gasteiger partial charge on any atom is 0.101 e. The van der Waals surface area contributed by atoms with Gasteiger partial charge in [0.2, 0.25) is 0 Å². The Morgan fingerprint density at radius 1 is 1.13 bits per heavy atom. The minimum atomic E-state index is -0.435. The molecule has 0 saturated heterocycles. The van der Waals surface area contributed by atoms with Gasteiger partial charge in [-0.05, 0) is 12.2 Å². The molecule has 0 radical (unpaired) electrons. The molecule has 0 saturated carbocycles. The summed E-state index contributed by atoms with van der Waals surface area (Å²) < 4.78 is 8.22. The number of rotatable bonds is 6. The molecule has 0 heterocycles. The van der Waals surface area contributed by atoms with Crippen molar-refractivity contribution < 1.29 is 4.52 Å². The first-order valence-electron chi connectivity index (χ1n) is 5.43. The van der Waals surface area contributed by atoms with Crippen LogP contribution in [0.2, 0.25) is 0 Å². The van der Waals surface area contributed by atoms with Crippen molar-refractivity contribution in [2.45, 2.75) is 20.5 Å². The first-order chi connectivity index (χ1) is 7.27. The van der Waals surface area contributed by atoms with Crippen molar-refractivity contribution in [3.05, 3.63) is 35.9 Å². The van der Waals surface area contributed by atoms with Gasteiger partial charge in [0.25, 0.3) is 0 Å². The third kappa shape index (κ3) is 4.29. The molecule has 1 rings (SSSR count). The van der Waals surface area contributed by atoms with Crippen LogP contribution in [0, 0.1) is 0 Å². The van der Waals surface area contributed by atoms with Crippen molar-refractivity contribution in [3.8, 4) is 0 Å². The molecule has 3 heteroatoms. The highest BCUT2D eigenvalue weighted by molar-refractivity contribution is 7.49. The minimum Gasteiger partial charge on any atom is -0.339 e.